The lowest BCUT2D eigenvalue weighted by Crippen LogP contribution is -2.19. The summed E-state index contributed by atoms with van der Waals surface area (Å²) in [4.78, 5) is 22.3. The van der Waals surface area contributed by atoms with Crippen molar-refractivity contribution in [1.29, 1.82) is 0 Å². The van der Waals surface area contributed by atoms with Gasteiger partial charge in [-0.2, -0.15) is 0 Å². The summed E-state index contributed by atoms with van der Waals surface area (Å²) in [6.07, 6.45) is 6.24. The summed E-state index contributed by atoms with van der Waals surface area (Å²) in [6.45, 7) is 0.774. The van der Waals surface area contributed by atoms with Gasteiger partial charge in [0.05, 0.1) is 33.7 Å². The van der Waals surface area contributed by atoms with Crippen LogP contribution in [0.3, 0.4) is 0 Å². The maximum absolute atomic E-state index is 10.0. The van der Waals surface area contributed by atoms with Gasteiger partial charge in [0.1, 0.15) is 17.0 Å². The number of hydrogen-bond donors (Lipinski definition) is 3. The normalized spacial score (nSPS) is 16.4. The minimum Gasteiger partial charge on any atom is -0.393 e. The highest BCUT2D eigenvalue weighted by atomic mass is 32.1. The third kappa shape index (κ3) is 3.00. The number of aryl methyl sites for hydroxylation is 1. The standard InChI is InChI=1S/C22H20N6OS/c29-14-2-4-16-13(8-14)9-15-19-20(30-22(15)28-16)21(27-11-26-19)23-6-5-12-1-3-17-18(7-12)25-10-24-17/h1,3,7,9-11,14,29H,2,4-6,8H2,(H,24,25)(H,23,26,27). The molecular formula is C22H20N6OS. The number of fused-ring (bicyclic) bond motifs is 5. The minimum absolute atomic E-state index is 0.269. The zero-order valence-corrected chi connectivity index (χ0v) is 17.0. The van der Waals surface area contributed by atoms with Crippen LogP contribution in [0.1, 0.15) is 23.2 Å². The molecule has 0 aliphatic heterocycles. The van der Waals surface area contributed by atoms with E-state index in [9.17, 15) is 5.11 Å². The molecule has 0 spiro atoms. The number of pyridine rings is 1. The highest BCUT2D eigenvalue weighted by Gasteiger charge is 2.21. The molecular weight excluding hydrogens is 396 g/mol. The number of imidazole rings is 1. The Hall–Kier alpha value is -3.10. The monoisotopic (exact) mass is 416 g/mol. The van der Waals surface area contributed by atoms with Crippen molar-refractivity contribution in [3.05, 3.63) is 53.7 Å². The molecule has 1 aliphatic rings. The first-order valence-corrected chi connectivity index (χ1v) is 11.0. The first kappa shape index (κ1) is 17.7. The van der Waals surface area contributed by atoms with Crippen molar-refractivity contribution in [2.75, 3.05) is 11.9 Å². The summed E-state index contributed by atoms with van der Waals surface area (Å²) in [5.41, 5.74) is 6.47. The predicted octanol–water partition coefficient (Wildman–Crippen LogP) is 3.62. The average molecular weight is 417 g/mol. The molecule has 0 bridgehead atoms. The second kappa shape index (κ2) is 7.00. The lowest BCUT2D eigenvalue weighted by molar-refractivity contribution is 0.158. The van der Waals surface area contributed by atoms with Gasteiger partial charge in [-0.05, 0) is 48.6 Å². The van der Waals surface area contributed by atoms with Crippen LogP contribution in [0.2, 0.25) is 0 Å². The fourth-order valence-electron chi connectivity index (χ4n) is 4.22. The molecule has 4 heterocycles. The second-order valence-corrected chi connectivity index (χ2v) is 8.78. The Morgan fingerprint density at radius 2 is 2.17 bits per heavy atom. The molecule has 0 saturated heterocycles. The molecule has 0 fully saturated rings. The number of H-pyrrole nitrogens is 1. The molecule has 8 heteroatoms. The van der Waals surface area contributed by atoms with Crippen molar-refractivity contribution in [1.82, 2.24) is 24.9 Å². The van der Waals surface area contributed by atoms with E-state index in [-0.39, 0.29) is 6.10 Å². The van der Waals surface area contributed by atoms with Gasteiger partial charge in [-0.15, -0.1) is 11.3 Å². The molecule has 7 nitrogen and oxygen atoms in total. The number of thiophene rings is 1. The summed E-state index contributed by atoms with van der Waals surface area (Å²) in [5, 5.41) is 14.5. The van der Waals surface area contributed by atoms with Crippen LogP contribution in [0.5, 0.6) is 0 Å². The maximum atomic E-state index is 10.0. The molecule has 30 heavy (non-hydrogen) atoms. The van der Waals surface area contributed by atoms with Crippen molar-refractivity contribution in [2.24, 2.45) is 0 Å². The molecule has 0 radical (unpaired) electrons. The maximum Gasteiger partial charge on any atom is 0.147 e. The van der Waals surface area contributed by atoms with Crippen molar-refractivity contribution in [3.8, 4) is 0 Å². The highest BCUT2D eigenvalue weighted by Crippen LogP contribution is 2.37. The van der Waals surface area contributed by atoms with E-state index in [2.05, 4.69) is 43.5 Å². The number of aromatic nitrogens is 5. The van der Waals surface area contributed by atoms with Crippen molar-refractivity contribution in [3.63, 3.8) is 0 Å². The summed E-state index contributed by atoms with van der Waals surface area (Å²) >= 11 is 1.64. The Kier molecular flexibility index (Phi) is 4.14. The van der Waals surface area contributed by atoms with Gasteiger partial charge < -0.3 is 15.4 Å². The van der Waals surface area contributed by atoms with Gasteiger partial charge in [0, 0.05) is 24.0 Å². The van der Waals surface area contributed by atoms with Crippen molar-refractivity contribution in [2.45, 2.75) is 31.8 Å². The molecule has 1 aliphatic carbocycles. The fourth-order valence-corrected chi connectivity index (χ4v) is 5.32. The Morgan fingerprint density at radius 1 is 1.20 bits per heavy atom. The quantitative estimate of drug-likeness (QED) is 0.414. The number of aliphatic hydroxyl groups is 1. The van der Waals surface area contributed by atoms with Crippen molar-refractivity contribution < 1.29 is 5.11 Å². The first-order valence-electron chi connectivity index (χ1n) is 10.1. The minimum atomic E-state index is -0.269. The third-order valence-corrected chi connectivity index (χ3v) is 6.87. The van der Waals surface area contributed by atoms with E-state index in [1.807, 2.05) is 6.07 Å². The largest absolute Gasteiger partial charge is 0.393 e. The molecule has 1 unspecified atom stereocenters. The van der Waals surface area contributed by atoms with Crippen LogP contribution in [0, 0.1) is 0 Å². The van der Waals surface area contributed by atoms with Gasteiger partial charge in [0.2, 0.25) is 0 Å². The second-order valence-electron chi connectivity index (χ2n) is 7.78. The Labute approximate surface area is 176 Å². The first-order chi connectivity index (χ1) is 14.7. The predicted molar refractivity (Wildman–Crippen MR) is 119 cm³/mol. The summed E-state index contributed by atoms with van der Waals surface area (Å²) < 4.78 is 1.03. The smallest absolute Gasteiger partial charge is 0.147 e. The van der Waals surface area contributed by atoms with Crippen LogP contribution in [-0.4, -0.2) is 42.7 Å². The topological polar surface area (TPSA) is 99.6 Å². The number of anilines is 1. The lowest BCUT2D eigenvalue weighted by Gasteiger charge is -2.19. The number of hydrogen-bond acceptors (Lipinski definition) is 7. The Balaban J connectivity index is 1.29. The zero-order chi connectivity index (χ0) is 20.1. The van der Waals surface area contributed by atoms with Gasteiger partial charge in [0.25, 0.3) is 0 Å². The third-order valence-electron chi connectivity index (χ3n) is 5.77. The van der Waals surface area contributed by atoms with Gasteiger partial charge in [-0.3, -0.25) is 0 Å². The summed E-state index contributed by atoms with van der Waals surface area (Å²) in [7, 11) is 0. The number of nitrogens with zero attached hydrogens (tertiary/aromatic N) is 4. The summed E-state index contributed by atoms with van der Waals surface area (Å²) in [6, 6.07) is 8.46. The van der Waals surface area contributed by atoms with E-state index in [0.717, 1.165) is 74.3 Å². The Bertz CT molecular complexity index is 1390. The summed E-state index contributed by atoms with van der Waals surface area (Å²) in [5.74, 6) is 0.851. The fraction of sp³-hybridized carbons (Fsp3) is 0.273. The molecule has 4 aromatic heterocycles. The molecule has 0 amide bonds. The number of aromatic amines is 1. The molecule has 0 saturated carbocycles. The lowest BCUT2D eigenvalue weighted by atomic mass is 9.93. The van der Waals surface area contributed by atoms with Crippen LogP contribution in [-0.2, 0) is 19.3 Å². The van der Waals surface area contributed by atoms with E-state index < -0.39 is 0 Å². The van der Waals surface area contributed by atoms with Crippen LogP contribution >= 0.6 is 11.3 Å². The molecule has 3 N–H and O–H groups in total. The number of nitrogens with one attached hydrogen (secondary N) is 2. The van der Waals surface area contributed by atoms with Crippen molar-refractivity contribution >= 4 is 48.6 Å². The average Bonchev–Trinajstić information content (AvgIpc) is 3.36. The molecule has 1 aromatic carbocycles. The molecule has 150 valence electrons. The van der Waals surface area contributed by atoms with Crippen LogP contribution in [0.25, 0.3) is 31.5 Å². The van der Waals surface area contributed by atoms with E-state index in [1.54, 1.807) is 24.0 Å². The van der Waals surface area contributed by atoms with E-state index in [1.165, 1.54) is 5.56 Å². The van der Waals surface area contributed by atoms with Gasteiger partial charge in [0.15, 0.2) is 0 Å². The highest BCUT2D eigenvalue weighted by molar-refractivity contribution is 7.25. The Morgan fingerprint density at radius 3 is 3.13 bits per heavy atom. The van der Waals surface area contributed by atoms with Crippen LogP contribution in [0.4, 0.5) is 5.82 Å². The van der Waals surface area contributed by atoms with E-state index in [4.69, 9.17) is 4.98 Å². The number of rotatable bonds is 4. The van der Waals surface area contributed by atoms with Gasteiger partial charge in [-0.1, -0.05) is 6.07 Å². The SMILES string of the molecule is OC1CCc2nc3sc4c(NCCc5ccc6nc[nH]c6c5)ncnc4c3cc2C1. The van der Waals surface area contributed by atoms with Crippen LogP contribution in [0.15, 0.2) is 36.9 Å². The van der Waals surface area contributed by atoms with Gasteiger partial charge in [-0.25, -0.2) is 19.9 Å². The molecule has 5 aromatic rings. The van der Waals surface area contributed by atoms with Gasteiger partial charge >= 0.3 is 0 Å². The van der Waals surface area contributed by atoms with E-state index >= 15 is 0 Å². The number of aliphatic hydroxyl groups excluding tert-OH is 1. The zero-order valence-electron chi connectivity index (χ0n) is 16.2. The number of benzene rings is 1. The van der Waals surface area contributed by atoms with E-state index in [0.29, 0.717) is 6.42 Å². The van der Waals surface area contributed by atoms with Crippen LogP contribution < -0.4 is 5.32 Å². The molecule has 1 atom stereocenters. The molecule has 6 rings (SSSR count).